The molecule has 0 saturated heterocycles. The Bertz CT molecular complexity index is 398. The van der Waals surface area contributed by atoms with E-state index < -0.39 is 0 Å². The molecule has 0 aliphatic heterocycles. The van der Waals surface area contributed by atoms with Crippen LogP contribution in [0.2, 0.25) is 0 Å². The van der Waals surface area contributed by atoms with Crippen molar-refractivity contribution < 1.29 is 0 Å². The minimum absolute atomic E-state index is 0. The van der Waals surface area contributed by atoms with E-state index in [0.717, 1.165) is 17.1 Å². The molecule has 2 aromatic rings. The number of hydrogen-bond acceptors (Lipinski definition) is 2. The Kier molecular flexibility index (Phi) is 4.69. The summed E-state index contributed by atoms with van der Waals surface area (Å²) in [5.74, 6) is 0. The number of nitrogens with two attached hydrogens (primary N) is 1. The molecule has 0 aliphatic carbocycles. The zero-order valence-electron chi connectivity index (χ0n) is 8.77. The van der Waals surface area contributed by atoms with Crippen LogP contribution < -0.4 is 11.1 Å². The van der Waals surface area contributed by atoms with Crippen molar-refractivity contribution in [2.45, 2.75) is 0 Å². The zero-order valence-corrected chi connectivity index (χ0v) is 10.8. The Morgan fingerprint density at radius 2 is 1.27 bits per heavy atom. The molecule has 2 nitrogen and oxygen atoms in total. The molecule has 0 bridgehead atoms. The fourth-order valence-corrected chi connectivity index (χ4v) is 1.25. The van der Waals surface area contributed by atoms with Crippen molar-refractivity contribution >= 4 is 46.6 Å². The third-order valence-corrected chi connectivity index (χ3v) is 1.97. The fourth-order valence-electron chi connectivity index (χ4n) is 1.25. The first-order valence-electron chi connectivity index (χ1n) is 4.52. The van der Waals surface area contributed by atoms with Gasteiger partial charge in [-0.15, -0.1) is 0 Å². The van der Waals surface area contributed by atoms with Crippen molar-refractivity contribution in [3.8, 4) is 0 Å². The summed E-state index contributed by atoms with van der Waals surface area (Å²) in [5, 5.41) is 3.28. The number of nitrogen functional groups attached to an aromatic ring is 1. The van der Waals surface area contributed by atoms with E-state index in [0.29, 0.717) is 0 Å². The average Bonchev–Trinajstić information content (AvgIpc) is 2.23. The number of benzene rings is 2. The van der Waals surface area contributed by atoms with Crippen LogP contribution in [0.5, 0.6) is 0 Å². The molecule has 3 N–H and O–H groups in total. The third kappa shape index (κ3) is 3.59. The van der Waals surface area contributed by atoms with Gasteiger partial charge in [0.05, 0.1) is 0 Å². The van der Waals surface area contributed by atoms with Gasteiger partial charge >= 0.3 is 0 Å². The summed E-state index contributed by atoms with van der Waals surface area (Å²) in [5.41, 5.74) is 8.50. The molecule has 0 unspecified atom stereocenters. The monoisotopic (exact) mass is 207 g/mol. The van der Waals surface area contributed by atoms with Crippen LogP contribution in [-0.4, -0.2) is 29.6 Å². The second kappa shape index (κ2) is 5.81. The topological polar surface area (TPSA) is 38.0 Å². The van der Waals surface area contributed by atoms with E-state index >= 15 is 0 Å². The van der Waals surface area contributed by atoms with E-state index in [2.05, 4.69) is 5.32 Å². The molecular formula is C12H12N2Na. The van der Waals surface area contributed by atoms with E-state index in [4.69, 9.17) is 5.73 Å². The Morgan fingerprint density at radius 3 is 1.87 bits per heavy atom. The minimum Gasteiger partial charge on any atom is -0.399 e. The van der Waals surface area contributed by atoms with Crippen LogP contribution in [0.25, 0.3) is 0 Å². The van der Waals surface area contributed by atoms with Crippen LogP contribution in [0.4, 0.5) is 17.1 Å². The number of para-hydroxylation sites is 1. The van der Waals surface area contributed by atoms with E-state index in [-0.39, 0.29) is 29.6 Å². The van der Waals surface area contributed by atoms with Gasteiger partial charge in [-0.05, 0) is 36.4 Å². The predicted molar refractivity (Wildman–Crippen MR) is 66.3 cm³/mol. The Balaban J connectivity index is 0.00000112. The summed E-state index contributed by atoms with van der Waals surface area (Å²) >= 11 is 0. The fraction of sp³-hybridized carbons (Fsp3) is 0. The van der Waals surface area contributed by atoms with Crippen LogP contribution in [0.15, 0.2) is 54.6 Å². The summed E-state index contributed by atoms with van der Waals surface area (Å²) in [4.78, 5) is 0. The molecule has 2 rings (SSSR count). The zero-order chi connectivity index (χ0) is 9.80. The normalized spacial score (nSPS) is 9.07. The molecule has 0 amide bonds. The minimum atomic E-state index is 0. The molecule has 71 valence electrons. The Hall–Kier alpha value is -0.960. The molecule has 0 fully saturated rings. The van der Waals surface area contributed by atoms with Gasteiger partial charge < -0.3 is 11.1 Å². The second-order valence-corrected chi connectivity index (χ2v) is 3.11. The van der Waals surface area contributed by atoms with Gasteiger partial charge in [0.1, 0.15) is 0 Å². The molecule has 3 heteroatoms. The Morgan fingerprint density at radius 1 is 0.733 bits per heavy atom. The van der Waals surface area contributed by atoms with Gasteiger partial charge in [-0.2, -0.15) is 0 Å². The van der Waals surface area contributed by atoms with Crippen molar-refractivity contribution in [1.29, 1.82) is 0 Å². The summed E-state index contributed by atoms with van der Waals surface area (Å²) in [6.07, 6.45) is 0. The molecule has 0 spiro atoms. The summed E-state index contributed by atoms with van der Waals surface area (Å²) in [6.45, 7) is 0. The van der Waals surface area contributed by atoms with E-state index in [1.54, 1.807) is 0 Å². The third-order valence-electron chi connectivity index (χ3n) is 1.97. The summed E-state index contributed by atoms with van der Waals surface area (Å²) in [7, 11) is 0. The van der Waals surface area contributed by atoms with E-state index in [1.165, 1.54) is 0 Å². The number of hydrogen-bond donors (Lipinski definition) is 2. The summed E-state index contributed by atoms with van der Waals surface area (Å²) in [6, 6.07) is 17.7. The maximum Gasteiger partial charge on any atom is 0.0385 e. The van der Waals surface area contributed by atoms with Crippen LogP contribution in [0.3, 0.4) is 0 Å². The predicted octanol–water partition coefficient (Wildman–Crippen LogP) is 2.63. The molecule has 0 aromatic heterocycles. The molecule has 0 atom stereocenters. The molecule has 1 radical (unpaired) electrons. The molecule has 0 saturated carbocycles. The van der Waals surface area contributed by atoms with Gasteiger partial charge in [-0.1, -0.05) is 18.2 Å². The number of nitrogens with one attached hydrogen (secondary N) is 1. The molecule has 0 heterocycles. The van der Waals surface area contributed by atoms with Crippen LogP contribution >= 0.6 is 0 Å². The van der Waals surface area contributed by atoms with Gasteiger partial charge in [0.25, 0.3) is 0 Å². The maximum absolute atomic E-state index is 5.59. The van der Waals surface area contributed by atoms with Crippen molar-refractivity contribution in [2.75, 3.05) is 11.1 Å². The molecular weight excluding hydrogens is 195 g/mol. The van der Waals surface area contributed by atoms with Gasteiger partial charge in [0.2, 0.25) is 0 Å². The number of anilines is 3. The van der Waals surface area contributed by atoms with Crippen molar-refractivity contribution in [2.24, 2.45) is 0 Å². The molecule has 15 heavy (non-hydrogen) atoms. The summed E-state index contributed by atoms with van der Waals surface area (Å²) < 4.78 is 0. The molecule has 0 aliphatic rings. The first-order valence-corrected chi connectivity index (χ1v) is 4.52. The van der Waals surface area contributed by atoms with Crippen molar-refractivity contribution in [3.05, 3.63) is 54.6 Å². The van der Waals surface area contributed by atoms with Gasteiger partial charge in [0.15, 0.2) is 0 Å². The first-order chi connectivity index (χ1) is 6.84. The second-order valence-electron chi connectivity index (χ2n) is 3.11. The van der Waals surface area contributed by atoms with E-state index in [1.807, 2.05) is 54.6 Å². The largest absolute Gasteiger partial charge is 0.399 e. The quantitative estimate of drug-likeness (QED) is 0.586. The van der Waals surface area contributed by atoms with Crippen LogP contribution in [-0.2, 0) is 0 Å². The van der Waals surface area contributed by atoms with Gasteiger partial charge in [-0.25, -0.2) is 0 Å². The van der Waals surface area contributed by atoms with Crippen molar-refractivity contribution in [1.82, 2.24) is 0 Å². The average molecular weight is 207 g/mol. The smallest absolute Gasteiger partial charge is 0.0385 e. The Labute approximate surface area is 112 Å². The van der Waals surface area contributed by atoms with Crippen molar-refractivity contribution in [3.63, 3.8) is 0 Å². The standard InChI is InChI=1S/C12H12N2.Na/c13-10-6-8-12(9-7-10)14-11-4-2-1-3-5-11;/h1-9,14H,13H2;. The SMILES string of the molecule is Nc1ccc(Nc2ccccc2)cc1.[Na]. The van der Waals surface area contributed by atoms with Gasteiger partial charge in [0, 0.05) is 46.6 Å². The number of rotatable bonds is 2. The molecule has 2 aromatic carbocycles. The van der Waals surface area contributed by atoms with Gasteiger partial charge in [-0.3, -0.25) is 0 Å². The van der Waals surface area contributed by atoms with E-state index in [9.17, 15) is 0 Å². The van der Waals surface area contributed by atoms with Crippen LogP contribution in [0.1, 0.15) is 0 Å². The van der Waals surface area contributed by atoms with Crippen LogP contribution in [0, 0.1) is 0 Å². The maximum atomic E-state index is 5.59. The first kappa shape index (κ1) is 12.1.